The van der Waals surface area contributed by atoms with Gasteiger partial charge in [-0.2, -0.15) is 0 Å². The maximum Gasteiger partial charge on any atom is 0.310 e. The molecule has 5 nitrogen and oxygen atoms in total. The van der Waals surface area contributed by atoms with Crippen LogP contribution in [-0.2, 0) is 16.0 Å². The van der Waals surface area contributed by atoms with E-state index in [1.165, 1.54) is 17.6 Å². The van der Waals surface area contributed by atoms with Crippen molar-refractivity contribution in [2.45, 2.75) is 13.3 Å². The van der Waals surface area contributed by atoms with Crippen molar-refractivity contribution in [2.24, 2.45) is 0 Å². The molecule has 0 unspecified atom stereocenters. The van der Waals surface area contributed by atoms with Crippen LogP contribution in [0.2, 0.25) is 0 Å². The first-order chi connectivity index (χ1) is 12.6. The molecule has 0 fully saturated rings. The van der Waals surface area contributed by atoms with E-state index in [2.05, 4.69) is 0 Å². The van der Waals surface area contributed by atoms with Gasteiger partial charge in [0, 0.05) is 4.88 Å². The van der Waals surface area contributed by atoms with Crippen LogP contribution < -0.4 is 4.74 Å². The van der Waals surface area contributed by atoms with Crippen LogP contribution in [-0.4, -0.2) is 25.5 Å². The molecule has 2 heterocycles. The van der Waals surface area contributed by atoms with E-state index in [1.807, 2.05) is 24.3 Å². The molecule has 0 N–H and O–H groups in total. The van der Waals surface area contributed by atoms with E-state index in [-0.39, 0.29) is 23.9 Å². The minimum Gasteiger partial charge on any atom is -0.497 e. The molecule has 0 aliphatic heterocycles. The Morgan fingerprint density at radius 3 is 2.69 bits per heavy atom. The molecular weight excluding hydrogens is 352 g/mol. The number of furan rings is 1. The molecule has 0 saturated heterocycles. The molecule has 0 saturated carbocycles. The van der Waals surface area contributed by atoms with E-state index in [4.69, 9.17) is 13.9 Å². The molecule has 1 aromatic carbocycles. The van der Waals surface area contributed by atoms with Crippen molar-refractivity contribution in [2.75, 3.05) is 13.7 Å². The SMILES string of the molecule is CCOC(=O)Cc1cc(C(=O)c2ccco2)sc1-c1cccc(OC)c1. The summed E-state index contributed by atoms with van der Waals surface area (Å²) in [6.07, 6.45) is 1.56. The monoisotopic (exact) mass is 370 g/mol. The number of methoxy groups -OCH3 is 1. The van der Waals surface area contributed by atoms with E-state index in [9.17, 15) is 9.59 Å². The zero-order valence-corrected chi connectivity index (χ0v) is 15.3. The highest BCUT2D eigenvalue weighted by Crippen LogP contribution is 2.36. The molecule has 134 valence electrons. The summed E-state index contributed by atoms with van der Waals surface area (Å²) in [7, 11) is 1.60. The summed E-state index contributed by atoms with van der Waals surface area (Å²) in [4.78, 5) is 25.9. The van der Waals surface area contributed by atoms with Gasteiger partial charge < -0.3 is 13.9 Å². The number of hydrogen-bond acceptors (Lipinski definition) is 6. The molecule has 0 amide bonds. The lowest BCUT2D eigenvalue weighted by atomic mass is 10.1. The number of thiophene rings is 1. The largest absolute Gasteiger partial charge is 0.497 e. The van der Waals surface area contributed by atoms with Crippen LogP contribution in [0.4, 0.5) is 0 Å². The third kappa shape index (κ3) is 3.86. The molecule has 0 aliphatic carbocycles. The average molecular weight is 370 g/mol. The first kappa shape index (κ1) is 17.9. The van der Waals surface area contributed by atoms with E-state index in [0.717, 1.165) is 16.0 Å². The van der Waals surface area contributed by atoms with Crippen LogP contribution in [0.1, 0.15) is 27.9 Å². The molecule has 0 atom stereocenters. The van der Waals surface area contributed by atoms with Gasteiger partial charge in [-0.1, -0.05) is 12.1 Å². The van der Waals surface area contributed by atoms with Gasteiger partial charge in [0.05, 0.1) is 31.3 Å². The number of ether oxygens (including phenoxy) is 2. The van der Waals surface area contributed by atoms with Gasteiger partial charge in [0.25, 0.3) is 0 Å². The second-order valence-corrected chi connectivity index (χ2v) is 6.54. The van der Waals surface area contributed by atoms with Crippen molar-refractivity contribution < 1.29 is 23.5 Å². The van der Waals surface area contributed by atoms with Gasteiger partial charge in [0.2, 0.25) is 5.78 Å². The van der Waals surface area contributed by atoms with Gasteiger partial charge in [0.15, 0.2) is 5.76 Å². The summed E-state index contributed by atoms with van der Waals surface area (Å²) >= 11 is 1.33. The molecular formula is C20H18O5S. The maximum absolute atomic E-state index is 12.6. The highest BCUT2D eigenvalue weighted by Gasteiger charge is 2.21. The van der Waals surface area contributed by atoms with Crippen molar-refractivity contribution in [3.63, 3.8) is 0 Å². The Balaban J connectivity index is 2.02. The number of esters is 1. The number of rotatable bonds is 7. The molecule has 0 spiro atoms. The first-order valence-electron chi connectivity index (χ1n) is 8.13. The lowest BCUT2D eigenvalue weighted by Crippen LogP contribution is -2.07. The molecule has 0 bridgehead atoms. The summed E-state index contributed by atoms with van der Waals surface area (Å²) in [6, 6.07) is 12.5. The van der Waals surface area contributed by atoms with Crippen LogP contribution in [0.5, 0.6) is 5.75 Å². The zero-order valence-electron chi connectivity index (χ0n) is 14.5. The fourth-order valence-corrected chi connectivity index (χ4v) is 3.70. The number of carbonyl (C=O) groups is 2. The zero-order chi connectivity index (χ0) is 18.5. The van der Waals surface area contributed by atoms with Gasteiger partial charge in [-0.15, -0.1) is 11.3 Å². The fourth-order valence-electron chi connectivity index (χ4n) is 2.58. The number of ketones is 1. The van der Waals surface area contributed by atoms with Crippen molar-refractivity contribution in [1.29, 1.82) is 0 Å². The fraction of sp³-hybridized carbons (Fsp3) is 0.200. The Hall–Kier alpha value is -2.86. The highest BCUT2D eigenvalue weighted by molar-refractivity contribution is 7.17. The number of carbonyl (C=O) groups excluding carboxylic acids is 2. The maximum atomic E-state index is 12.6. The van der Waals surface area contributed by atoms with Crippen LogP contribution >= 0.6 is 11.3 Å². The van der Waals surface area contributed by atoms with Gasteiger partial charge in [0.1, 0.15) is 5.75 Å². The van der Waals surface area contributed by atoms with Crippen LogP contribution in [0.25, 0.3) is 10.4 Å². The quantitative estimate of drug-likeness (QED) is 0.457. The Morgan fingerprint density at radius 1 is 1.15 bits per heavy atom. The second kappa shape index (κ2) is 8.01. The Bertz CT molecular complexity index is 908. The standard InChI is InChI=1S/C20H18O5S/c1-3-24-18(21)12-14-11-17(19(22)16-8-5-9-25-16)26-20(14)13-6-4-7-15(10-13)23-2/h4-11H,3,12H2,1-2H3. The van der Waals surface area contributed by atoms with E-state index < -0.39 is 0 Å². The van der Waals surface area contributed by atoms with E-state index in [0.29, 0.717) is 17.2 Å². The predicted molar refractivity (Wildman–Crippen MR) is 98.8 cm³/mol. The smallest absolute Gasteiger partial charge is 0.310 e. The van der Waals surface area contributed by atoms with Crippen LogP contribution in [0, 0.1) is 0 Å². The van der Waals surface area contributed by atoms with Gasteiger partial charge >= 0.3 is 5.97 Å². The Kier molecular flexibility index (Phi) is 5.53. The van der Waals surface area contributed by atoms with Gasteiger partial charge in [-0.25, -0.2) is 0 Å². The average Bonchev–Trinajstić information content (AvgIpc) is 3.31. The second-order valence-electron chi connectivity index (χ2n) is 5.49. The molecule has 6 heteroatoms. The van der Waals surface area contributed by atoms with Crippen LogP contribution in [0.3, 0.4) is 0 Å². The summed E-state index contributed by atoms with van der Waals surface area (Å²) in [5.74, 6) is 0.439. The molecule has 0 aliphatic rings. The van der Waals surface area contributed by atoms with Crippen molar-refractivity contribution in [3.05, 3.63) is 64.9 Å². The first-order valence-corrected chi connectivity index (χ1v) is 8.95. The topological polar surface area (TPSA) is 65.7 Å². The summed E-state index contributed by atoms with van der Waals surface area (Å²) in [6.45, 7) is 2.08. The third-order valence-electron chi connectivity index (χ3n) is 3.75. The summed E-state index contributed by atoms with van der Waals surface area (Å²) < 4.78 is 15.5. The molecule has 0 radical (unpaired) electrons. The number of benzene rings is 1. The Labute approximate surface area is 155 Å². The predicted octanol–water partition coefficient (Wildman–Crippen LogP) is 4.35. The highest BCUT2D eigenvalue weighted by atomic mass is 32.1. The molecule has 2 aromatic heterocycles. The van der Waals surface area contributed by atoms with Gasteiger partial charge in [-0.3, -0.25) is 9.59 Å². The minimum atomic E-state index is -0.327. The van der Waals surface area contributed by atoms with E-state index >= 15 is 0 Å². The van der Waals surface area contributed by atoms with Crippen molar-refractivity contribution >= 4 is 23.1 Å². The molecule has 3 aromatic rings. The minimum absolute atomic E-state index is 0.0995. The summed E-state index contributed by atoms with van der Waals surface area (Å²) in [5.41, 5.74) is 1.63. The molecule has 3 rings (SSSR count). The summed E-state index contributed by atoms with van der Waals surface area (Å²) in [5, 5.41) is 0. The Morgan fingerprint density at radius 2 is 2.00 bits per heavy atom. The van der Waals surface area contributed by atoms with Gasteiger partial charge in [-0.05, 0) is 48.4 Å². The van der Waals surface area contributed by atoms with Crippen molar-refractivity contribution in [3.8, 4) is 16.2 Å². The van der Waals surface area contributed by atoms with Crippen LogP contribution in [0.15, 0.2) is 53.1 Å². The van der Waals surface area contributed by atoms with E-state index in [1.54, 1.807) is 32.2 Å². The third-order valence-corrected chi connectivity index (χ3v) is 4.97. The molecule has 26 heavy (non-hydrogen) atoms. The number of hydrogen-bond donors (Lipinski definition) is 0. The normalized spacial score (nSPS) is 10.5. The lowest BCUT2D eigenvalue weighted by Gasteiger charge is -2.06. The van der Waals surface area contributed by atoms with Crippen molar-refractivity contribution in [1.82, 2.24) is 0 Å². The lowest BCUT2D eigenvalue weighted by molar-refractivity contribution is -0.142.